The van der Waals surface area contributed by atoms with Crippen LogP contribution in [0.5, 0.6) is 0 Å². The molecular weight excluding hydrogens is 233 g/mol. The van der Waals surface area contributed by atoms with E-state index >= 15 is 0 Å². The lowest BCUT2D eigenvalue weighted by Crippen LogP contribution is -1.96. The molecule has 15 heavy (non-hydrogen) atoms. The molecule has 0 saturated carbocycles. The van der Waals surface area contributed by atoms with Gasteiger partial charge in [-0.25, -0.2) is 4.39 Å². The van der Waals surface area contributed by atoms with E-state index in [4.69, 9.17) is 0 Å². The first-order valence-electron chi connectivity index (χ1n) is 4.12. The lowest BCUT2D eigenvalue weighted by molar-refractivity contribution is 0.104. The second-order valence-corrected chi connectivity index (χ2v) is 4.58. The Morgan fingerprint density at radius 3 is 2.60 bits per heavy atom. The van der Waals surface area contributed by atoms with Gasteiger partial charge in [-0.1, -0.05) is 0 Å². The van der Waals surface area contributed by atoms with Crippen LogP contribution in [0, 0.1) is 5.82 Å². The Labute approximate surface area is 96.4 Å². The maximum Gasteiger partial charge on any atom is 0.189 e. The Hall–Kier alpha value is -0.810. The molecule has 0 atom stereocenters. The van der Waals surface area contributed by atoms with Gasteiger partial charge >= 0.3 is 0 Å². The lowest BCUT2D eigenvalue weighted by Gasteiger charge is -1.99. The molecule has 0 spiro atoms. The summed E-state index contributed by atoms with van der Waals surface area (Å²) in [6, 6.07) is 1.18. The van der Waals surface area contributed by atoms with Crippen LogP contribution in [0.25, 0.3) is 0 Å². The molecule has 1 heterocycles. The van der Waals surface area contributed by atoms with E-state index in [1.54, 1.807) is 0 Å². The average molecular weight is 243 g/mol. The van der Waals surface area contributed by atoms with E-state index < -0.39 is 5.82 Å². The van der Waals surface area contributed by atoms with E-state index in [9.17, 15) is 9.18 Å². The van der Waals surface area contributed by atoms with Crippen molar-refractivity contribution < 1.29 is 9.18 Å². The van der Waals surface area contributed by atoms with Gasteiger partial charge in [0.05, 0.1) is 6.20 Å². The van der Waals surface area contributed by atoms with Gasteiger partial charge in [0.25, 0.3) is 0 Å². The number of rotatable bonds is 4. The summed E-state index contributed by atoms with van der Waals surface area (Å²) < 4.78 is 13.7. The van der Waals surface area contributed by atoms with Crippen molar-refractivity contribution in [3.63, 3.8) is 0 Å². The summed E-state index contributed by atoms with van der Waals surface area (Å²) >= 11 is 2.97. The molecule has 0 aliphatic rings. The molecule has 2 nitrogen and oxygen atoms in total. The quantitative estimate of drug-likeness (QED) is 0.600. The first-order chi connectivity index (χ1) is 7.17. The highest BCUT2D eigenvalue weighted by atomic mass is 32.2. The van der Waals surface area contributed by atoms with Gasteiger partial charge in [-0.15, -0.1) is 23.5 Å². The van der Waals surface area contributed by atoms with Crippen LogP contribution in [0.2, 0.25) is 0 Å². The van der Waals surface area contributed by atoms with Gasteiger partial charge in [0.2, 0.25) is 0 Å². The third kappa shape index (κ3) is 3.68. The molecular formula is C10H10FNOS2. The summed E-state index contributed by atoms with van der Waals surface area (Å²) in [5, 5.41) is 0. The maximum atomic E-state index is 12.8. The number of carbonyl (C=O) groups is 1. The van der Waals surface area contributed by atoms with E-state index in [2.05, 4.69) is 4.98 Å². The largest absolute Gasteiger partial charge is 0.289 e. The minimum absolute atomic E-state index is 0.222. The highest BCUT2D eigenvalue weighted by Crippen LogP contribution is 2.23. The van der Waals surface area contributed by atoms with Crippen molar-refractivity contribution in [2.24, 2.45) is 0 Å². The fraction of sp³-hybridized carbons (Fsp3) is 0.200. The first kappa shape index (κ1) is 12.3. The second-order valence-electron chi connectivity index (χ2n) is 2.63. The number of carbonyl (C=O) groups excluding carboxylic acids is 1. The zero-order valence-electron chi connectivity index (χ0n) is 8.36. The maximum absolute atomic E-state index is 12.8. The van der Waals surface area contributed by atoms with Crippen molar-refractivity contribution in [2.45, 2.75) is 0 Å². The molecule has 0 saturated heterocycles. The van der Waals surface area contributed by atoms with Crippen LogP contribution in [0.15, 0.2) is 28.8 Å². The number of nitrogens with zero attached hydrogens (tertiary/aromatic N) is 1. The molecule has 0 aliphatic heterocycles. The monoisotopic (exact) mass is 243 g/mol. The van der Waals surface area contributed by atoms with Crippen LogP contribution in [0.3, 0.4) is 0 Å². The van der Waals surface area contributed by atoms with Gasteiger partial charge in [0.15, 0.2) is 5.78 Å². The Kier molecular flexibility index (Phi) is 4.84. The zero-order valence-corrected chi connectivity index (χ0v) is 9.99. The summed E-state index contributed by atoms with van der Waals surface area (Å²) in [6.07, 6.45) is 7.70. The summed E-state index contributed by atoms with van der Waals surface area (Å²) in [5.41, 5.74) is 0.274. The van der Waals surface area contributed by atoms with Gasteiger partial charge in [-0.05, 0) is 18.6 Å². The van der Waals surface area contributed by atoms with Gasteiger partial charge in [0.1, 0.15) is 5.82 Å². The predicted molar refractivity (Wildman–Crippen MR) is 63.6 cm³/mol. The molecule has 0 N–H and O–H groups in total. The number of halogens is 1. The molecule has 1 aromatic rings. The van der Waals surface area contributed by atoms with Crippen molar-refractivity contribution >= 4 is 29.3 Å². The number of allylic oxidation sites excluding steroid dienone is 1. The van der Waals surface area contributed by atoms with Crippen LogP contribution in [-0.2, 0) is 0 Å². The topological polar surface area (TPSA) is 30.0 Å². The molecule has 1 aromatic heterocycles. The number of aromatic nitrogens is 1. The SMILES string of the molecule is CSC(=CC(=O)c1cncc(F)c1)SC. The zero-order chi connectivity index (χ0) is 11.3. The van der Waals surface area contributed by atoms with Crippen LogP contribution >= 0.6 is 23.5 Å². The Bertz CT molecular complexity index is 387. The van der Waals surface area contributed by atoms with Crippen molar-refractivity contribution in [1.29, 1.82) is 0 Å². The molecule has 0 aromatic carbocycles. The fourth-order valence-corrected chi connectivity index (χ4v) is 2.05. The predicted octanol–water partition coefficient (Wildman–Crippen LogP) is 2.97. The van der Waals surface area contributed by atoms with Crippen LogP contribution < -0.4 is 0 Å². The highest BCUT2D eigenvalue weighted by molar-refractivity contribution is 8.21. The Morgan fingerprint density at radius 1 is 1.40 bits per heavy atom. The summed E-state index contributed by atoms with van der Waals surface area (Å²) in [5.74, 6) is -0.718. The minimum Gasteiger partial charge on any atom is -0.289 e. The fourth-order valence-electron chi connectivity index (χ4n) is 0.938. The number of hydrogen-bond acceptors (Lipinski definition) is 4. The molecule has 0 unspecified atom stereocenters. The standard InChI is InChI=1S/C10H10FNOS2/c1-14-10(15-2)4-9(13)7-3-8(11)6-12-5-7/h3-6H,1-2H3. The van der Waals surface area contributed by atoms with E-state index in [-0.39, 0.29) is 11.3 Å². The number of hydrogen-bond donors (Lipinski definition) is 0. The van der Waals surface area contributed by atoms with Gasteiger partial charge in [-0.2, -0.15) is 0 Å². The minimum atomic E-state index is -0.496. The van der Waals surface area contributed by atoms with E-state index in [0.29, 0.717) is 0 Å². The molecule has 0 radical (unpaired) electrons. The summed E-state index contributed by atoms with van der Waals surface area (Å²) in [6.45, 7) is 0. The van der Waals surface area contributed by atoms with E-state index in [1.807, 2.05) is 12.5 Å². The molecule has 0 fully saturated rings. The molecule has 5 heteroatoms. The first-order valence-corrected chi connectivity index (χ1v) is 6.57. The van der Waals surface area contributed by atoms with Crippen LogP contribution in [0.4, 0.5) is 4.39 Å². The normalized spacial score (nSPS) is 9.80. The van der Waals surface area contributed by atoms with Gasteiger partial charge in [-0.3, -0.25) is 9.78 Å². The van der Waals surface area contributed by atoms with E-state index in [0.717, 1.165) is 10.4 Å². The smallest absolute Gasteiger partial charge is 0.189 e. The third-order valence-electron chi connectivity index (χ3n) is 1.64. The average Bonchev–Trinajstić information content (AvgIpc) is 2.25. The van der Waals surface area contributed by atoms with Gasteiger partial charge < -0.3 is 0 Å². The van der Waals surface area contributed by atoms with Crippen LogP contribution in [0.1, 0.15) is 10.4 Å². The van der Waals surface area contributed by atoms with E-state index in [1.165, 1.54) is 41.9 Å². The number of ketones is 1. The van der Waals surface area contributed by atoms with Crippen molar-refractivity contribution in [3.8, 4) is 0 Å². The lowest BCUT2D eigenvalue weighted by atomic mass is 10.2. The Balaban J connectivity index is 2.90. The number of pyridine rings is 1. The van der Waals surface area contributed by atoms with Crippen molar-refractivity contribution in [2.75, 3.05) is 12.5 Å². The van der Waals surface area contributed by atoms with Gasteiger partial charge in [0, 0.05) is 22.1 Å². The van der Waals surface area contributed by atoms with Crippen LogP contribution in [-0.4, -0.2) is 23.3 Å². The highest BCUT2D eigenvalue weighted by Gasteiger charge is 2.05. The van der Waals surface area contributed by atoms with Crippen molar-refractivity contribution in [1.82, 2.24) is 4.98 Å². The third-order valence-corrected chi connectivity index (χ3v) is 3.68. The molecule has 0 bridgehead atoms. The Morgan fingerprint density at radius 2 is 2.07 bits per heavy atom. The summed E-state index contributed by atoms with van der Waals surface area (Å²) in [7, 11) is 0. The number of thioether (sulfide) groups is 2. The second kappa shape index (κ2) is 5.92. The van der Waals surface area contributed by atoms with Crippen molar-refractivity contribution in [3.05, 3.63) is 40.2 Å². The summed E-state index contributed by atoms with van der Waals surface area (Å²) in [4.78, 5) is 15.2. The molecule has 80 valence electrons. The molecule has 0 aliphatic carbocycles. The molecule has 1 rings (SSSR count). The molecule has 0 amide bonds.